The Hall–Kier alpha value is 0.0300. The minimum absolute atomic E-state index is 0. The normalized spacial score (nSPS) is 9.44. The molecule has 1 rings (SSSR count). The van der Waals surface area contributed by atoms with E-state index in [0.717, 1.165) is 50.4 Å². The van der Waals surface area contributed by atoms with Crippen molar-refractivity contribution in [3.63, 3.8) is 0 Å². The Morgan fingerprint density at radius 1 is 0.889 bits per heavy atom. The molecule has 0 saturated heterocycles. The van der Waals surface area contributed by atoms with Crippen LogP contribution in [0.1, 0.15) is 38.1 Å². The van der Waals surface area contributed by atoms with Crippen LogP contribution in [0, 0.1) is 0 Å². The standard InChI is InChI=1S/C13H23N3.2BrH/c1-3-8-14-10-12-6-5-7-13(16-12)11-15-9-4-2;;/h5-7,14-15H,3-4,8-11H2,1-2H3;2*1H. The SMILES string of the molecule is Br.Br.CCCNCc1cccc(CNCCC)n1. The van der Waals surface area contributed by atoms with E-state index >= 15 is 0 Å². The molecule has 1 heterocycles. The number of rotatable bonds is 8. The minimum atomic E-state index is 0. The van der Waals surface area contributed by atoms with Gasteiger partial charge in [0.1, 0.15) is 0 Å². The predicted octanol–water partition coefficient (Wildman–Crippen LogP) is 3.24. The van der Waals surface area contributed by atoms with E-state index in [-0.39, 0.29) is 34.0 Å². The second kappa shape index (κ2) is 13.5. The highest BCUT2D eigenvalue weighted by atomic mass is 79.9. The van der Waals surface area contributed by atoms with Gasteiger partial charge in [-0.3, -0.25) is 4.98 Å². The van der Waals surface area contributed by atoms with Crippen LogP contribution in [-0.4, -0.2) is 18.1 Å². The van der Waals surface area contributed by atoms with Gasteiger partial charge in [0, 0.05) is 13.1 Å². The second-order valence-corrected chi connectivity index (χ2v) is 3.97. The van der Waals surface area contributed by atoms with Gasteiger partial charge in [0.2, 0.25) is 0 Å². The predicted molar refractivity (Wildman–Crippen MR) is 88.9 cm³/mol. The van der Waals surface area contributed by atoms with E-state index < -0.39 is 0 Å². The first kappa shape index (κ1) is 20.3. The molecule has 18 heavy (non-hydrogen) atoms. The van der Waals surface area contributed by atoms with Crippen LogP contribution in [0.3, 0.4) is 0 Å². The molecule has 0 amide bonds. The summed E-state index contributed by atoms with van der Waals surface area (Å²) in [7, 11) is 0. The Balaban J connectivity index is 0. The topological polar surface area (TPSA) is 37.0 Å². The molecule has 1 aromatic rings. The molecule has 0 fully saturated rings. The summed E-state index contributed by atoms with van der Waals surface area (Å²) in [6.07, 6.45) is 2.33. The summed E-state index contributed by atoms with van der Waals surface area (Å²) in [4.78, 5) is 4.59. The van der Waals surface area contributed by atoms with Gasteiger partial charge in [-0.15, -0.1) is 34.0 Å². The maximum atomic E-state index is 4.59. The van der Waals surface area contributed by atoms with Crippen LogP contribution < -0.4 is 10.6 Å². The van der Waals surface area contributed by atoms with Crippen LogP contribution in [0.5, 0.6) is 0 Å². The maximum Gasteiger partial charge on any atom is 0.0545 e. The number of nitrogens with one attached hydrogen (secondary N) is 2. The first-order valence-corrected chi connectivity index (χ1v) is 6.23. The molecular formula is C13H25Br2N3. The van der Waals surface area contributed by atoms with Crippen molar-refractivity contribution in [3.8, 4) is 0 Å². The molecule has 1 aromatic heterocycles. The van der Waals surface area contributed by atoms with E-state index in [4.69, 9.17) is 0 Å². The van der Waals surface area contributed by atoms with Gasteiger partial charge < -0.3 is 10.6 Å². The van der Waals surface area contributed by atoms with Gasteiger partial charge in [0.25, 0.3) is 0 Å². The average Bonchev–Trinajstić information content (AvgIpc) is 2.30. The number of nitrogens with zero attached hydrogens (tertiary/aromatic N) is 1. The third kappa shape index (κ3) is 9.03. The number of hydrogen-bond acceptors (Lipinski definition) is 3. The van der Waals surface area contributed by atoms with Gasteiger partial charge in [0.15, 0.2) is 0 Å². The number of aromatic nitrogens is 1. The van der Waals surface area contributed by atoms with E-state index in [2.05, 4.69) is 47.7 Å². The smallest absolute Gasteiger partial charge is 0.0545 e. The van der Waals surface area contributed by atoms with Crippen molar-refractivity contribution in [2.75, 3.05) is 13.1 Å². The zero-order chi connectivity index (χ0) is 11.6. The summed E-state index contributed by atoms with van der Waals surface area (Å²) in [5.41, 5.74) is 2.26. The molecule has 0 spiro atoms. The Labute approximate surface area is 132 Å². The van der Waals surface area contributed by atoms with Gasteiger partial charge in [-0.1, -0.05) is 19.9 Å². The van der Waals surface area contributed by atoms with Gasteiger partial charge in [-0.2, -0.15) is 0 Å². The zero-order valence-corrected chi connectivity index (χ0v) is 14.7. The molecule has 0 atom stereocenters. The highest BCUT2D eigenvalue weighted by Gasteiger charge is 1.97. The van der Waals surface area contributed by atoms with Gasteiger partial charge in [-0.25, -0.2) is 0 Å². The minimum Gasteiger partial charge on any atom is -0.311 e. The largest absolute Gasteiger partial charge is 0.311 e. The lowest BCUT2D eigenvalue weighted by atomic mass is 10.3. The lowest BCUT2D eigenvalue weighted by Crippen LogP contribution is -2.17. The molecule has 0 unspecified atom stereocenters. The van der Waals surface area contributed by atoms with Crippen LogP contribution in [0.25, 0.3) is 0 Å². The molecule has 3 nitrogen and oxygen atoms in total. The molecule has 0 aromatic carbocycles. The van der Waals surface area contributed by atoms with E-state index in [0.29, 0.717) is 0 Å². The highest BCUT2D eigenvalue weighted by Crippen LogP contribution is 1.99. The van der Waals surface area contributed by atoms with Crippen molar-refractivity contribution in [2.45, 2.75) is 39.8 Å². The summed E-state index contributed by atoms with van der Waals surface area (Å²) < 4.78 is 0. The van der Waals surface area contributed by atoms with Gasteiger partial charge >= 0.3 is 0 Å². The first-order valence-electron chi connectivity index (χ1n) is 6.23. The number of pyridine rings is 1. The number of halogens is 2. The van der Waals surface area contributed by atoms with Crippen LogP contribution in [0.15, 0.2) is 18.2 Å². The van der Waals surface area contributed by atoms with Crippen molar-refractivity contribution in [1.29, 1.82) is 0 Å². The zero-order valence-electron chi connectivity index (χ0n) is 11.2. The summed E-state index contributed by atoms with van der Waals surface area (Å²) in [6.45, 7) is 8.20. The lowest BCUT2D eigenvalue weighted by molar-refractivity contribution is 0.643. The Morgan fingerprint density at radius 3 is 1.72 bits per heavy atom. The van der Waals surface area contributed by atoms with Crippen molar-refractivity contribution >= 4 is 34.0 Å². The monoisotopic (exact) mass is 381 g/mol. The van der Waals surface area contributed by atoms with Crippen LogP contribution in [0.2, 0.25) is 0 Å². The third-order valence-corrected chi connectivity index (χ3v) is 2.33. The maximum absolute atomic E-state index is 4.59. The molecule has 0 aliphatic heterocycles. The molecule has 2 N–H and O–H groups in total. The second-order valence-electron chi connectivity index (χ2n) is 3.97. The highest BCUT2D eigenvalue weighted by molar-refractivity contribution is 8.93. The van der Waals surface area contributed by atoms with Crippen molar-refractivity contribution in [2.24, 2.45) is 0 Å². The van der Waals surface area contributed by atoms with Crippen LogP contribution in [-0.2, 0) is 13.1 Å². The molecule has 0 saturated carbocycles. The van der Waals surface area contributed by atoms with Crippen molar-refractivity contribution < 1.29 is 0 Å². The molecule has 0 radical (unpaired) electrons. The summed E-state index contributed by atoms with van der Waals surface area (Å²) in [5, 5.41) is 6.73. The molecular weight excluding hydrogens is 358 g/mol. The molecule has 5 heteroatoms. The fourth-order valence-corrected chi connectivity index (χ4v) is 1.51. The molecule has 0 aliphatic carbocycles. The molecule has 0 bridgehead atoms. The summed E-state index contributed by atoms with van der Waals surface area (Å²) in [6, 6.07) is 6.23. The summed E-state index contributed by atoms with van der Waals surface area (Å²) in [5.74, 6) is 0. The Bertz CT molecular complexity index is 270. The van der Waals surface area contributed by atoms with E-state index in [1.807, 2.05) is 0 Å². The van der Waals surface area contributed by atoms with Crippen LogP contribution in [0.4, 0.5) is 0 Å². The number of hydrogen-bond donors (Lipinski definition) is 2. The van der Waals surface area contributed by atoms with Gasteiger partial charge in [-0.05, 0) is 38.1 Å². The van der Waals surface area contributed by atoms with Gasteiger partial charge in [0.05, 0.1) is 11.4 Å². The van der Waals surface area contributed by atoms with Crippen molar-refractivity contribution in [1.82, 2.24) is 15.6 Å². The quantitative estimate of drug-likeness (QED) is 0.677. The fourth-order valence-electron chi connectivity index (χ4n) is 1.51. The van der Waals surface area contributed by atoms with Crippen LogP contribution >= 0.6 is 34.0 Å². The van der Waals surface area contributed by atoms with E-state index in [9.17, 15) is 0 Å². The molecule has 0 aliphatic rings. The lowest BCUT2D eigenvalue weighted by Gasteiger charge is -2.06. The van der Waals surface area contributed by atoms with E-state index in [1.165, 1.54) is 0 Å². The summed E-state index contributed by atoms with van der Waals surface area (Å²) >= 11 is 0. The molecule has 106 valence electrons. The Morgan fingerprint density at radius 2 is 1.33 bits per heavy atom. The average molecular weight is 383 g/mol. The van der Waals surface area contributed by atoms with E-state index in [1.54, 1.807) is 0 Å². The van der Waals surface area contributed by atoms with Crippen molar-refractivity contribution in [3.05, 3.63) is 29.6 Å². The fraction of sp³-hybridized carbons (Fsp3) is 0.615. The third-order valence-electron chi connectivity index (χ3n) is 2.33. The Kier molecular flexibility index (Phi) is 15.2. The first-order chi connectivity index (χ1) is 7.86.